The Morgan fingerprint density at radius 3 is 2.71 bits per heavy atom. The summed E-state index contributed by atoms with van der Waals surface area (Å²) < 4.78 is 27.2. The fourth-order valence-corrected chi connectivity index (χ4v) is 4.67. The Morgan fingerprint density at radius 2 is 2.08 bits per heavy atom. The minimum absolute atomic E-state index is 0. The fourth-order valence-electron chi connectivity index (χ4n) is 2.94. The van der Waals surface area contributed by atoms with Crippen LogP contribution in [0, 0.1) is 19.8 Å². The number of carbonyl (C=O) groups is 1. The van der Waals surface area contributed by atoms with Gasteiger partial charge in [0.15, 0.2) is 0 Å². The second-order valence-electron chi connectivity index (χ2n) is 6.05. The summed E-state index contributed by atoms with van der Waals surface area (Å²) in [6.45, 7) is 5.21. The van der Waals surface area contributed by atoms with E-state index in [1.807, 2.05) is 13.0 Å². The van der Waals surface area contributed by atoms with Crippen LogP contribution in [0.3, 0.4) is 0 Å². The average molecular weight is 376 g/mol. The van der Waals surface area contributed by atoms with E-state index in [1.165, 1.54) is 4.31 Å². The summed E-state index contributed by atoms with van der Waals surface area (Å²) >= 11 is 0. The smallest absolute Gasteiger partial charge is 0.243 e. The van der Waals surface area contributed by atoms with E-state index in [0.717, 1.165) is 11.1 Å². The van der Waals surface area contributed by atoms with Gasteiger partial charge in [0, 0.05) is 26.2 Å². The summed E-state index contributed by atoms with van der Waals surface area (Å²) in [6, 6.07) is 5.32. The maximum absolute atomic E-state index is 12.9. The predicted octanol–water partition coefficient (Wildman–Crippen LogP) is 1.20. The summed E-state index contributed by atoms with van der Waals surface area (Å²) in [4.78, 5) is 12.4. The van der Waals surface area contributed by atoms with Gasteiger partial charge >= 0.3 is 0 Å². The number of nitrogens with two attached hydrogens (primary N) is 1. The van der Waals surface area contributed by atoms with Crippen LogP contribution in [0.25, 0.3) is 0 Å². The van der Waals surface area contributed by atoms with Crippen LogP contribution in [0.1, 0.15) is 24.0 Å². The minimum atomic E-state index is -3.57. The molecule has 1 aromatic carbocycles. The molecule has 24 heavy (non-hydrogen) atoms. The molecule has 1 heterocycles. The van der Waals surface area contributed by atoms with Gasteiger partial charge in [-0.3, -0.25) is 4.79 Å². The van der Waals surface area contributed by atoms with Gasteiger partial charge in [-0.2, -0.15) is 4.31 Å². The van der Waals surface area contributed by atoms with Crippen LogP contribution in [0.4, 0.5) is 0 Å². The van der Waals surface area contributed by atoms with Crippen molar-refractivity contribution in [2.75, 3.05) is 26.2 Å². The molecule has 3 N–H and O–H groups in total. The van der Waals surface area contributed by atoms with Crippen LogP contribution in [0.5, 0.6) is 0 Å². The average Bonchev–Trinajstić information content (AvgIpc) is 2.52. The Morgan fingerprint density at radius 1 is 1.38 bits per heavy atom. The van der Waals surface area contributed by atoms with Gasteiger partial charge in [0.1, 0.15) is 0 Å². The number of nitrogens with one attached hydrogen (secondary N) is 1. The number of sulfonamides is 1. The molecule has 1 unspecified atom stereocenters. The molecule has 8 heteroatoms. The van der Waals surface area contributed by atoms with Gasteiger partial charge in [-0.15, -0.1) is 12.4 Å². The number of aryl methyl sites for hydroxylation is 2. The SMILES string of the molecule is Cc1ccc(S(=O)(=O)N2CCCC(C(=O)NCCN)C2)c(C)c1.Cl. The zero-order valence-electron chi connectivity index (χ0n) is 14.1. The summed E-state index contributed by atoms with van der Waals surface area (Å²) in [6.07, 6.45) is 1.39. The second kappa shape index (κ2) is 8.80. The molecule has 1 atom stereocenters. The van der Waals surface area contributed by atoms with Gasteiger partial charge in [-0.25, -0.2) is 8.42 Å². The van der Waals surface area contributed by atoms with E-state index in [4.69, 9.17) is 5.73 Å². The molecule has 0 bridgehead atoms. The largest absolute Gasteiger partial charge is 0.355 e. The van der Waals surface area contributed by atoms with Crippen molar-refractivity contribution < 1.29 is 13.2 Å². The van der Waals surface area contributed by atoms with Crippen LogP contribution in [-0.4, -0.2) is 44.8 Å². The standard InChI is InChI=1S/C16H25N3O3S.ClH/c1-12-5-6-15(13(2)10-12)23(21,22)19-9-3-4-14(11-19)16(20)18-8-7-17;/h5-6,10,14H,3-4,7-9,11,17H2,1-2H3,(H,18,20);1H. The Kier molecular flexibility index (Phi) is 7.66. The number of rotatable bonds is 5. The maximum atomic E-state index is 12.9. The summed E-state index contributed by atoms with van der Waals surface area (Å²) in [5.74, 6) is -0.424. The molecule has 0 radical (unpaired) electrons. The molecule has 0 aliphatic carbocycles. The molecule has 1 aliphatic heterocycles. The Hall–Kier alpha value is -1.15. The van der Waals surface area contributed by atoms with Crippen molar-refractivity contribution in [3.63, 3.8) is 0 Å². The lowest BCUT2D eigenvalue weighted by Crippen LogP contribution is -2.46. The highest BCUT2D eigenvalue weighted by Gasteiger charge is 2.33. The van der Waals surface area contributed by atoms with Crippen molar-refractivity contribution in [2.24, 2.45) is 11.7 Å². The van der Waals surface area contributed by atoms with E-state index in [9.17, 15) is 13.2 Å². The third-order valence-electron chi connectivity index (χ3n) is 4.15. The van der Waals surface area contributed by atoms with Gasteiger partial charge < -0.3 is 11.1 Å². The number of hydrogen-bond donors (Lipinski definition) is 2. The number of hydrogen-bond acceptors (Lipinski definition) is 4. The van der Waals surface area contributed by atoms with Crippen LogP contribution in [-0.2, 0) is 14.8 Å². The number of amides is 1. The molecule has 2 rings (SSSR count). The van der Waals surface area contributed by atoms with Crippen LogP contribution < -0.4 is 11.1 Å². The van der Waals surface area contributed by atoms with Gasteiger partial charge in [0.25, 0.3) is 0 Å². The molecule has 0 aromatic heterocycles. The number of carbonyl (C=O) groups excluding carboxylic acids is 1. The van der Waals surface area contributed by atoms with Gasteiger partial charge in [0.05, 0.1) is 10.8 Å². The lowest BCUT2D eigenvalue weighted by molar-refractivity contribution is -0.126. The minimum Gasteiger partial charge on any atom is -0.355 e. The van der Waals surface area contributed by atoms with E-state index in [2.05, 4.69) is 5.32 Å². The summed E-state index contributed by atoms with van der Waals surface area (Å²) in [5, 5.41) is 2.75. The fraction of sp³-hybridized carbons (Fsp3) is 0.562. The zero-order chi connectivity index (χ0) is 17.0. The number of benzene rings is 1. The molecule has 1 aliphatic rings. The topological polar surface area (TPSA) is 92.5 Å². The third-order valence-corrected chi connectivity index (χ3v) is 6.17. The zero-order valence-corrected chi connectivity index (χ0v) is 15.8. The van der Waals surface area contributed by atoms with Crippen molar-refractivity contribution >= 4 is 28.3 Å². The first kappa shape index (κ1) is 20.9. The van der Waals surface area contributed by atoms with E-state index in [0.29, 0.717) is 37.4 Å². The maximum Gasteiger partial charge on any atom is 0.243 e. The predicted molar refractivity (Wildman–Crippen MR) is 96.7 cm³/mol. The Balaban J connectivity index is 0.00000288. The van der Waals surface area contributed by atoms with Gasteiger partial charge in [-0.05, 0) is 38.3 Å². The number of piperidine rings is 1. The summed E-state index contributed by atoms with van der Waals surface area (Å²) in [5.41, 5.74) is 7.15. The van der Waals surface area contributed by atoms with Crippen molar-refractivity contribution in [3.05, 3.63) is 29.3 Å². The van der Waals surface area contributed by atoms with Crippen molar-refractivity contribution in [3.8, 4) is 0 Å². The molecule has 136 valence electrons. The first-order valence-corrected chi connectivity index (χ1v) is 9.35. The monoisotopic (exact) mass is 375 g/mol. The molecular formula is C16H26ClN3O3S. The molecule has 6 nitrogen and oxygen atoms in total. The summed E-state index contributed by atoms with van der Waals surface area (Å²) in [7, 11) is -3.57. The first-order valence-electron chi connectivity index (χ1n) is 7.91. The second-order valence-corrected chi connectivity index (χ2v) is 7.96. The third kappa shape index (κ3) is 4.69. The lowest BCUT2D eigenvalue weighted by atomic mass is 9.99. The highest BCUT2D eigenvalue weighted by atomic mass is 35.5. The van der Waals surface area contributed by atoms with E-state index >= 15 is 0 Å². The highest BCUT2D eigenvalue weighted by Crippen LogP contribution is 2.26. The van der Waals surface area contributed by atoms with E-state index in [-0.39, 0.29) is 30.8 Å². The van der Waals surface area contributed by atoms with Crippen molar-refractivity contribution in [1.29, 1.82) is 0 Å². The van der Waals surface area contributed by atoms with Gasteiger partial charge in [-0.1, -0.05) is 17.7 Å². The molecule has 0 spiro atoms. The molecule has 1 fully saturated rings. The van der Waals surface area contributed by atoms with Crippen molar-refractivity contribution in [1.82, 2.24) is 9.62 Å². The van der Waals surface area contributed by atoms with Crippen LogP contribution in [0.2, 0.25) is 0 Å². The Labute approximate surface area is 150 Å². The molecular weight excluding hydrogens is 350 g/mol. The van der Waals surface area contributed by atoms with Crippen LogP contribution in [0.15, 0.2) is 23.1 Å². The Bertz CT molecular complexity index is 679. The normalized spacial score (nSPS) is 18.7. The van der Waals surface area contributed by atoms with E-state index in [1.54, 1.807) is 19.1 Å². The molecule has 1 saturated heterocycles. The number of nitrogens with zero attached hydrogens (tertiary/aromatic N) is 1. The number of halogens is 1. The molecule has 0 saturated carbocycles. The van der Waals surface area contributed by atoms with E-state index < -0.39 is 10.0 Å². The van der Waals surface area contributed by atoms with Crippen LogP contribution >= 0.6 is 12.4 Å². The molecule has 1 amide bonds. The molecule has 1 aromatic rings. The quantitative estimate of drug-likeness (QED) is 0.808. The van der Waals surface area contributed by atoms with Gasteiger partial charge in [0.2, 0.25) is 15.9 Å². The lowest BCUT2D eigenvalue weighted by Gasteiger charge is -2.31. The highest BCUT2D eigenvalue weighted by molar-refractivity contribution is 7.89. The first-order chi connectivity index (χ1) is 10.9. The van der Waals surface area contributed by atoms with Crippen molar-refractivity contribution in [2.45, 2.75) is 31.6 Å².